The molecule has 118 valence electrons. The van der Waals surface area contributed by atoms with Crippen molar-refractivity contribution in [3.8, 4) is 0 Å². The van der Waals surface area contributed by atoms with E-state index in [1.54, 1.807) is 0 Å². The maximum atomic E-state index is 12.4. The average Bonchev–Trinajstić information content (AvgIpc) is 2.44. The van der Waals surface area contributed by atoms with Crippen LogP contribution in [0.5, 0.6) is 0 Å². The molecule has 0 aliphatic carbocycles. The molecular formula is C18H24N2O2. The Hall–Kier alpha value is -1.94. The van der Waals surface area contributed by atoms with E-state index >= 15 is 0 Å². The van der Waals surface area contributed by atoms with Crippen molar-refractivity contribution in [1.29, 1.82) is 0 Å². The van der Waals surface area contributed by atoms with Crippen LogP contribution in [0.2, 0.25) is 0 Å². The number of carbonyl (C=O) groups excluding carboxylic acids is 1. The number of benzene rings is 1. The van der Waals surface area contributed by atoms with Crippen LogP contribution in [0.3, 0.4) is 0 Å². The highest BCUT2D eigenvalue weighted by Crippen LogP contribution is 2.20. The van der Waals surface area contributed by atoms with Crippen molar-refractivity contribution in [1.82, 2.24) is 10.3 Å². The number of aryl methyl sites for hydroxylation is 2. The fourth-order valence-electron chi connectivity index (χ4n) is 2.43. The second kappa shape index (κ2) is 6.44. The monoisotopic (exact) mass is 300 g/mol. The lowest BCUT2D eigenvalue weighted by Gasteiger charge is -2.24. The topological polar surface area (TPSA) is 62.2 Å². The van der Waals surface area contributed by atoms with E-state index in [1.807, 2.05) is 52.0 Å². The summed E-state index contributed by atoms with van der Waals surface area (Å²) in [5.41, 5.74) is 3.26. The minimum Gasteiger partial charge on any atom is -0.396 e. The van der Waals surface area contributed by atoms with Crippen molar-refractivity contribution in [3.63, 3.8) is 0 Å². The molecule has 1 aromatic heterocycles. The highest BCUT2D eigenvalue weighted by Gasteiger charge is 2.19. The zero-order valence-corrected chi connectivity index (χ0v) is 13.7. The number of aliphatic hydroxyl groups excluding tert-OH is 1. The number of amides is 1. The van der Waals surface area contributed by atoms with E-state index in [-0.39, 0.29) is 17.9 Å². The van der Waals surface area contributed by atoms with Crippen LogP contribution in [-0.2, 0) is 0 Å². The van der Waals surface area contributed by atoms with E-state index in [0.717, 1.165) is 22.2 Å². The lowest BCUT2D eigenvalue weighted by Crippen LogP contribution is -2.35. The van der Waals surface area contributed by atoms with Gasteiger partial charge in [-0.15, -0.1) is 0 Å². The summed E-state index contributed by atoms with van der Waals surface area (Å²) in [4.78, 5) is 16.9. The van der Waals surface area contributed by atoms with Crippen LogP contribution in [0, 0.1) is 19.3 Å². The van der Waals surface area contributed by atoms with Gasteiger partial charge in [0, 0.05) is 18.5 Å². The molecule has 0 saturated heterocycles. The van der Waals surface area contributed by atoms with Gasteiger partial charge >= 0.3 is 0 Å². The summed E-state index contributed by atoms with van der Waals surface area (Å²) in [7, 11) is 0. The molecule has 0 radical (unpaired) electrons. The third-order valence-corrected chi connectivity index (χ3v) is 3.92. The lowest BCUT2D eigenvalue weighted by atomic mass is 9.89. The van der Waals surface area contributed by atoms with Gasteiger partial charge in [-0.1, -0.05) is 25.5 Å². The molecule has 2 N–H and O–H groups in total. The molecule has 4 heteroatoms. The Balaban J connectivity index is 2.22. The molecule has 1 heterocycles. The molecule has 0 fully saturated rings. The average molecular weight is 300 g/mol. The van der Waals surface area contributed by atoms with Crippen LogP contribution in [0.4, 0.5) is 0 Å². The molecule has 0 unspecified atom stereocenters. The number of aromatic nitrogens is 1. The van der Waals surface area contributed by atoms with Gasteiger partial charge < -0.3 is 10.4 Å². The Labute approximate surface area is 131 Å². The molecule has 2 rings (SSSR count). The van der Waals surface area contributed by atoms with E-state index in [9.17, 15) is 4.79 Å². The van der Waals surface area contributed by atoms with E-state index in [4.69, 9.17) is 5.11 Å². The fourth-order valence-corrected chi connectivity index (χ4v) is 2.43. The first-order valence-corrected chi connectivity index (χ1v) is 7.59. The number of hydrogen-bond donors (Lipinski definition) is 2. The Morgan fingerprint density at radius 3 is 2.68 bits per heavy atom. The standard InChI is InChI=1S/C18H24N2O2/c1-12-5-6-16-14(9-12)10-15(13(2)20-16)17(22)19-11-18(3,4)7-8-21/h5-6,9-10,21H,7-8,11H2,1-4H3,(H,19,22). The zero-order chi connectivity index (χ0) is 16.3. The first kappa shape index (κ1) is 16.4. The van der Waals surface area contributed by atoms with Gasteiger partial charge in [-0.25, -0.2) is 0 Å². The summed E-state index contributed by atoms with van der Waals surface area (Å²) in [6.45, 7) is 8.58. The summed E-state index contributed by atoms with van der Waals surface area (Å²) in [5.74, 6) is -0.112. The van der Waals surface area contributed by atoms with E-state index < -0.39 is 0 Å². The predicted octanol–water partition coefficient (Wildman–Crippen LogP) is 2.99. The third-order valence-electron chi connectivity index (χ3n) is 3.92. The van der Waals surface area contributed by atoms with Crippen molar-refractivity contribution in [2.24, 2.45) is 5.41 Å². The minimum absolute atomic E-state index is 0.112. The third kappa shape index (κ3) is 3.83. The van der Waals surface area contributed by atoms with Crippen molar-refractivity contribution < 1.29 is 9.90 Å². The van der Waals surface area contributed by atoms with Crippen molar-refractivity contribution in [2.75, 3.05) is 13.2 Å². The number of rotatable bonds is 5. The van der Waals surface area contributed by atoms with E-state index in [1.165, 1.54) is 0 Å². The van der Waals surface area contributed by atoms with Gasteiger partial charge in [-0.2, -0.15) is 0 Å². The van der Waals surface area contributed by atoms with Crippen LogP contribution in [0.15, 0.2) is 24.3 Å². The Morgan fingerprint density at radius 2 is 2.00 bits per heavy atom. The van der Waals surface area contributed by atoms with Crippen molar-refractivity contribution >= 4 is 16.8 Å². The molecule has 1 amide bonds. The van der Waals surface area contributed by atoms with E-state index in [0.29, 0.717) is 18.5 Å². The summed E-state index contributed by atoms with van der Waals surface area (Å²) < 4.78 is 0. The normalized spacial score (nSPS) is 11.7. The molecule has 4 nitrogen and oxygen atoms in total. The SMILES string of the molecule is Cc1ccc2nc(C)c(C(=O)NCC(C)(C)CCO)cc2c1. The zero-order valence-electron chi connectivity index (χ0n) is 13.7. The van der Waals surface area contributed by atoms with Gasteiger partial charge in [0.05, 0.1) is 16.8 Å². The molecule has 22 heavy (non-hydrogen) atoms. The molecule has 0 bridgehead atoms. The van der Waals surface area contributed by atoms with Crippen molar-refractivity contribution in [2.45, 2.75) is 34.1 Å². The maximum Gasteiger partial charge on any atom is 0.253 e. The van der Waals surface area contributed by atoms with E-state index in [2.05, 4.69) is 10.3 Å². The molecule has 1 aromatic carbocycles. The fraction of sp³-hybridized carbons (Fsp3) is 0.444. The second-order valence-electron chi connectivity index (χ2n) is 6.64. The molecule has 2 aromatic rings. The summed E-state index contributed by atoms with van der Waals surface area (Å²) in [6.07, 6.45) is 0.654. The molecule has 0 aliphatic heterocycles. The van der Waals surface area contributed by atoms with Gasteiger partial charge in [0.25, 0.3) is 5.91 Å². The van der Waals surface area contributed by atoms with Crippen LogP contribution >= 0.6 is 0 Å². The number of pyridine rings is 1. The Bertz CT molecular complexity index is 693. The molecule has 0 atom stereocenters. The number of fused-ring (bicyclic) bond motifs is 1. The largest absolute Gasteiger partial charge is 0.396 e. The van der Waals surface area contributed by atoms with Crippen LogP contribution in [-0.4, -0.2) is 29.1 Å². The predicted molar refractivity (Wildman–Crippen MR) is 89.0 cm³/mol. The summed E-state index contributed by atoms with van der Waals surface area (Å²) in [6, 6.07) is 7.93. The number of carbonyl (C=O) groups is 1. The number of hydrogen-bond acceptors (Lipinski definition) is 3. The first-order chi connectivity index (χ1) is 10.3. The number of nitrogens with zero attached hydrogens (tertiary/aromatic N) is 1. The highest BCUT2D eigenvalue weighted by atomic mass is 16.3. The first-order valence-electron chi connectivity index (χ1n) is 7.59. The second-order valence-corrected chi connectivity index (χ2v) is 6.64. The maximum absolute atomic E-state index is 12.4. The molecule has 0 aliphatic rings. The Kier molecular flexibility index (Phi) is 4.81. The molecule has 0 saturated carbocycles. The Morgan fingerprint density at radius 1 is 1.27 bits per heavy atom. The highest BCUT2D eigenvalue weighted by molar-refractivity contribution is 5.98. The summed E-state index contributed by atoms with van der Waals surface area (Å²) in [5, 5.41) is 13.0. The van der Waals surface area contributed by atoms with Crippen LogP contribution in [0.1, 0.15) is 41.9 Å². The van der Waals surface area contributed by atoms with Crippen LogP contribution < -0.4 is 5.32 Å². The van der Waals surface area contributed by atoms with Crippen LogP contribution in [0.25, 0.3) is 10.9 Å². The van der Waals surface area contributed by atoms with Gasteiger partial charge in [-0.3, -0.25) is 9.78 Å². The number of nitrogens with one attached hydrogen (secondary N) is 1. The van der Waals surface area contributed by atoms with Crippen molar-refractivity contribution in [3.05, 3.63) is 41.1 Å². The minimum atomic E-state index is -0.126. The molecular weight excluding hydrogens is 276 g/mol. The smallest absolute Gasteiger partial charge is 0.253 e. The summed E-state index contributed by atoms with van der Waals surface area (Å²) >= 11 is 0. The van der Waals surface area contributed by atoms with Gasteiger partial charge in [0.15, 0.2) is 0 Å². The number of aliphatic hydroxyl groups is 1. The van der Waals surface area contributed by atoms with Gasteiger partial charge in [0.1, 0.15) is 0 Å². The van der Waals surface area contributed by atoms with Gasteiger partial charge in [-0.05, 0) is 43.9 Å². The molecule has 0 spiro atoms. The quantitative estimate of drug-likeness (QED) is 0.892. The van der Waals surface area contributed by atoms with Gasteiger partial charge in [0.2, 0.25) is 0 Å². The lowest BCUT2D eigenvalue weighted by molar-refractivity contribution is 0.0927.